The number of fused-ring (bicyclic) bond motifs is 1. The summed E-state index contributed by atoms with van der Waals surface area (Å²) in [6, 6.07) is 0.727. The van der Waals surface area contributed by atoms with Crippen LogP contribution in [0.4, 0.5) is 5.69 Å². The number of aryl methyl sites for hydroxylation is 1. The molecular formula is C18H36N5O+. The first-order chi connectivity index (χ1) is 11.4. The van der Waals surface area contributed by atoms with Crippen molar-refractivity contribution in [2.75, 3.05) is 53.1 Å². The molecule has 0 saturated carbocycles. The predicted molar refractivity (Wildman–Crippen MR) is 99.3 cm³/mol. The van der Waals surface area contributed by atoms with Gasteiger partial charge in [-0.25, -0.2) is 0 Å². The number of anilines is 1. The average molecular weight is 339 g/mol. The van der Waals surface area contributed by atoms with Gasteiger partial charge in [-0.15, -0.1) is 5.10 Å². The van der Waals surface area contributed by atoms with Gasteiger partial charge < -0.3 is 15.0 Å². The van der Waals surface area contributed by atoms with E-state index in [1.807, 2.05) is 18.5 Å². The molecule has 0 bridgehead atoms. The number of rotatable bonds is 5. The molecule has 2 N–H and O–H groups in total. The van der Waals surface area contributed by atoms with E-state index < -0.39 is 0 Å². The minimum atomic E-state index is 0.638. The molecule has 0 aliphatic carbocycles. The van der Waals surface area contributed by atoms with Gasteiger partial charge in [-0.1, -0.05) is 13.8 Å². The van der Waals surface area contributed by atoms with Crippen LogP contribution in [0.5, 0.6) is 5.88 Å². The molecule has 3 heterocycles. The van der Waals surface area contributed by atoms with Crippen LogP contribution in [0.2, 0.25) is 0 Å². The molecule has 1 saturated heterocycles. The van der Waals surface area contributed by atoms with Crippen LogP contribution in [0, 0.1) is 0 Å². The van der Waals surface area contributed by atoms with E-state index in [0.29, 0.717) is 12.5 Å². The lowest BCUT2D eigenvalue weighted by molar-refractivity contribution is -0.893. The highest BCUT2D eigenvalue weighted by atomic mass is 16.5. The van der Waals surface area contributed by atoms with Crippen molar-refractivity contribution in [3.63, 3.8) is 0 Å². The van der Waals surface area contributed by atoms with Crippen molar-refractivity contribution in [3.05, 3.63) is 5.69 Å². The molecule has 1 unspecified atom stereocenters. The van der Waals surface area contributed by atoms with Crippen molar-refractivity contribution in [3.8, 4) is 5.88 Å². The van der Waals surface area contributed by atoms with Gasteiger partial charge in [0.2, 0.25) is 0 Å². The Balaban J connectivity index is 0.00000100. The van der Waals surface area contributed by atoms with Gasteiger partial charge in [0.1, 0.15) is 18.3 Å². The Labute approximate surface area is 147 Å². The zero-order chi connectivity index (χ0) is 17.7. The lowest BCUT2D eigenvalue weighted by Gasteiger charge is -2.31. The molecule has 24 heavy (non-hydrogen) atoms. The molecule has 1 atom stereocenters. The maximum atomic E-state index is 6.17. The fraction of sp³-hybridized carbons (Fsp3) is 0.833. The molecule has 0 amide bonds. The Morgan fingerprint density at radius 1 is 1.21 bits per heavy atom. The fourth-order valence-electron chi connectivity index (χ4n) is 3.51. The predicted octanol–water partition coefficient (Wildman–Crippen LogP) is 1.99. The molecule has 0 spiro atoms. The Hall–Kier alpha value is -1.27. The zero-order valence-corrected chi connectivity index (χ0v) is 16.2. The standard InChI is InChI=1S/C16H30N5O.C2H6/c1-21(2,3)13-7-9-19(12-13)10-11-22-16-15(17)14-6-4-5-8-20(14)18-16;1-2/h13H,4-12,17H2,1-3H3;1-2H3/q+1;. The lowest BCUT2D eigenvalue weighted by Crippen LogP contribution is -2.46. The number of aromatic nitrogens is 2. The van der Waals surface area contributed by atoms with E-state index in [2.05, 4.69) is 31.1 Å². The zero-order valence-electron chi connectivity index (χ0n) is 16.2. The van der Waals surface area contributed by atoms with Crippen molar-refractivity contribution in [2.24, 2.45) is 0 Å². The van der Waals surface area contributed by atoms with Crippen LogP contribution in [0.1, 0.15) is 38.8 Å². The normalized spacial score (nSPS) is 21.1. The van der Waals surface area contributed by atoms with Crippen LogP contribution >= 0.6 is 0 Å². The van der Waals surface area contributed by atoms with Gasteiger partial charge in [-0.05, 0) is 19.3 Å². The summed E-state index contributed by atoms with van der Waals surface area (Å²) in [5.41, 5.74) is 8.09. The third-order valence-corrected chi connectivity index (χ3v) is 5.09. The summed E-state index contributed by atoms with van der Waals surface area (Å²) in [7, 11) is 6.84. The summed E-state index contributed by atoms with van der Waals surface area (Å²) < 4.78 is 8.93. The Bertz CT molecular complexity index is 520. The van der Waals surface area contributed by atoms with Crippen molar-refractivity contribution >= 4 is 5.69 Å². The smallest absolute Gasteiger partial charge is 0.256 e. The Morgan fingerprint density at radius 3 is 2.58 bits per heavy atom. The highest BCUT2D eigenvalue weighted by Gasteiger charge is 2.32. The number of quaternary nitrogens is 1. The quantitative estimate of drug-likeness (QED) is 0.834. The van der Waals surface area contributed by atoms with Gasteiger partial charge in [-0.2, -0.15) is 0 Å². The van der Waals surface area contributed by atoms with E-state index in [-0.39, 0.29) is 0 Å². The van der Waals surface area contributed by atoms with Crippen LogP contribution in [0.3, 0.4) is 0 Å². The SMILES string of the molecule is CC.C[N+](C)(C)C1CCN(CCOc2nn3c(c2N)CCCC3)C1. The summed E-state index contributed by atoms with van der Waals surface area (Å²) >= 11 is 0. The number of likely N-dealkylation sites (tertiary alicyclic amines) is 1. The highest BCUT2D eigenvalue weighted by molar-refractivity contribution is 5.53. The fourth-order valence-corrected chi connectivity index (χ4v) is 3.51. The molecule has 0 radical (unpaired) electrons. The van der Waals surface area contributed by atoms with E-state index in [0.717, 1.165) is 48.0 Å². The van der Waals surface area contributed by atoms with E-state index in [4.69, 9.17) is 10.5 Å². The topological polar surface area (TPSA) is 56.3 Å². The van der Waals surface area contributed by atoms with Crippen LogP contribution < -0.4 is 10.5 Å². The van der Waals surface area contributed by atoms with Crippen molar-refractivity contribution < 1.29 is 9.22 Å². The number of nitrogens with two attached hydrogens (primary N) is 1. The monoisotopic (exact) mass is 338 g/mol. The van der Waals surface area contributed by atoms with E-state index in [1.54, 1.807) is 0 Å². The molecule has 1 fully saturated rings. The summed E-state index contributed by atoms with van der Waals surface area (Å²) in [5, 5.41) is 4.52. The second-order valence-electron chi connectivity index (χ2n) is 7.55. The van der Waals surface area contributed by atoms with Crippen molar-refractivity contribution in [1.82, 2.24) is 14.7 Å². The lowest BCUT2D eigenvalue weighted by atomic mass is 10.1. The largest absolute Gasteiger partial charge is 0.474 e. The van der Waals surface area contributed by atoms with Crippen LogP contribution in [-0.4, -0.2) is 72.6 Å². The van der Waals surface area contributed by atoms with Gasteiger partial charge in [0.05, 0.1) is 33.4 Å². The number of nitrogens with zero attached hydrogens (tertiary/aromatic N) is 4. The van der Waals surface area contributed by atoms with Crippen LogP contribution in [-0.2, 0) is 13.0 Å². The first-order valence-electron chi connectivity index (χ1n) is 9.46. The van der Waals surface area contributed by atoms with Crippen molar-refractivity contribution in [2.45, 2.75) is 52.1 Å². The van der Waals surface area contributed by atoms with E-state index in [1.165, 1.54) is 25.8 Å². The average Bonchev–Trinajstić information content (AvgIpc) is 3.16. The Kier molecular flexibility index (Phi) is 6.52. The third kappa shape index (κ3) is 4.42. The first-order valence-corrected chi connectivity index (χ1v) is 9.46. The minimum absolute atomic E-state index is 0.638. The van der Waals surface area contributed by atoms with Gasteiger partial charge in [0, 0.05) is 26.1 Å². The van der Waals surface area contributed by atoms with Crippen molar-refractivity contribution in [1.29, 1.82) is 0 Å². The van der Waals surface area contributed by atoms with Gasteiger partial charge in [0.25, 0.3) is 5.88 Å². The molecule has 0 aromatic carbocycles. The molecule has 3 rings (SSSR count). The highest BCUT2D eigenvalue weighted by Crippen LogP contribution is 2.28. The number of hydrogen-bond acceptors (Lipinski definition) is 4. The van der Waals surface area contributed by atoms with E-state index >= 15 is 0 Å². The van der Waals surface area contributed by atoms with Gasteiger partial charge >= 0.3 is 0 Å². The third-order valence-electron chi connectivity index (χ3n) is 5.09. The second-order valence-corrected chi connectivity index (χ2v) is 7.55. The number of nitrogen functional groups attached to an aromatic ring is 1. The molecule has 1 aromatic rings. The number of likely N-dealkylation sites (N-methyl/N-ethyl adjacent to an activating group) is 1. The first kappa shape index (κ1) is 19.1. The number of ether oxygens (including phenoxy) is 1. The van der Waals surface area contributed by atoms with Gasteiger partial charge in [0.15, 0.2) is 0 Å². The summed E-state index contributed by atoms with van der Waals surface area (Å²) in [5.74, 6) is 0.638. The van der Waals surface area contributed by atoms with E-state index in [9.17, 15) is 0 Å². The maximum Gasteiger partial charge on any atom is 0.256 e. The molecular weight excluding hydrogens is 302 g/mol. The van der Waals surface area contributed by atoms with Gasteiger partial charge in [-0.3, -0.25) is 9.58 Å². The molecule has 2 aliphatic rings. The molecule has 2 aliphatic heterocycles. The maximum absolute atomic E-state index is 6.17. The minimum Gasteiger partial charge on any atom is -0.474 e. The summed E-state index contributed by atoms with van der Waals surface area (Å²) in [6.45, 7) is 8.92. The Morgan fingerprint density at radius 2 is 1.96 bits per heavy atom. The molecule has 138 valence electrons. The number of hydrogen-bond donors (Lipinski definition) is 1. The van der Waals surface area contributed by atoms with Crippen LogP contribution in [0.25, 0.3) is 0 Å². The molecule has 6 heteroatoms. The second kappa shape index (κ2) is 8.21. The summed E-state index contributed by atoms with van der Waals surface area (Å²) in [6.07, 6.45) is 4.69. The van der Waals surface area contributed by atoms with Crippen LogP contribution in [0.15, 0.2) is 0 Å². The summed E-state index contributed by atoms with van der Waals surface area (Å²) in [4.78, 5) is 2.49. The molecule has 6 nitrogen and oxygen atoms in total. The molecule has 1 aromatic heterocycles.